The summed E-state index contributed by atoms with van der Waals surface area (Å²) in [6.07, 6.45) is 1.20. The van der Waals surface area contributed by atoms with E-state index in [9.17, 15) is 9.18 Å². The van der Waals surface area contributed by atoms with E-state index in [-0.39, 0.29) is 22.9 Å². The van der Waals surface area contributed by atoms with Crippen LogP contribution in [0.4, 0.5) is 10.1 Å². The first-order chi connectivity index (χ1) is 7.65. The molecule has 1 aromatic carbocycles. The molecule has 1 aromatic heterocycles. The zero-order valence-electron chi connectivity index (χ0n) is 8.11. The summed E-state index contributed by atoms with van der Waals surface area (Å²) in [5.74, 6) is -0.264. The van der Waals surface area contributed by atoms with Crippen LogP contribution in [0, 0.1) is 5.82 Å². The zero-order chi connectivity index (χ0) is 11.5. The molecule has 16 heavy (non-hydrogen) atoms. The number of hydrogen-bond donors (Lipinski definition) is 2. The Morgan fingerprint density at radius 2 is 2.19 bits per heavy atom. The fraction of sp³-hybridized carbons (Fsp3) is 0. The largest absolute Gasteiger partial charge is 0.439 e. The number of nitrogen functional groups attached to an aromatic ring is 1. The highest BCUT2D eigenvalue weighted by Gasteiger charge is 2.03. The maximum atomic E-state index is 13.1. The summed E-state index contributed by atoms with van der Waals surface area (Å²) in [6.45, 7) is 0. The standard InChI is InChI=1S/C10H8FN3O2/c11-7-3-6(1-2-8(7)12)16-10-4-9(15)13-5-14-10/h1-5H,12H2,(H,13,14,15). The Morgan fingerprint density at radius 1 is 1.38 bits per heavy atom. The van der Waals surface area contributed by atoms with Crippen LogP contribution in [-0.4, -0.2) is 9.97 Å². The molecule has 0 radical (unpaired) electrons. The second kappa shape index (κ2) is 4.01. The highest BCUT2D eigenvalue weighted by Crippen LogP contribution is 2.21. The highest BCUT2D eigenvalue weighted by atomic mass is 19.1. The fourth-order valence-electron chi connectivity index (χ4n) is 1.10. The van der Waals surface area contributed by atoms with Gasteiger partial charge in [-0.3, -0.25) is 4.79 Å². The lowest BCUT2D eigenvalue weighted by Crippen LogP contribution is -2.04. The number of aromatic amines is 1. The van der Waals surface area contributed by atoms with E-state index in [1.165, 1.54) is 18.5 Å². The van der Waals surface area contributed by atoms with Gasteiger partial charge in [0.05, 0.1) is 18.1 Å². The Bertz CT molecular complexity index is 568. The number of rotatable bonds is 2. The Labute approximate surface area is 89.7 Å². The van der Waals surface area contributed by atoms with Gasteiger partial charge in [0.2, 0.25) is 5.88 Å². The van der Waals surface area contributed by atoms with E-state index in [1.807, 2.05) is 0 Å². The molecule has 0 amide bonds. The molecular weight excluding hydrogens is 213 g/mol. The number of nitrogens with one attached hydrogen (secondary N) is 1. The van der Waals surface area contributed by atoms with Gasteiger partial charge in [-0.05, 0) is 12.1 Å². The van der Waals surface area contributed by atoms with Crippen LogP contribution in [0.2, 0.25) is 0 Å². The molecule has 82 valence electrons. The van der Waals surface area contributed by atoms with Crippen molar-refractivity contribution in [1.82, 2.24) is 9.97 Å². The minimum Gasteiger partial charge on any atom is -0.439 e. The van der Waals surface area contributed by atoms with E-state index in [0.717, 1.165) is 12.1 Å². The molecule has 0 atom stereocenters. The third kappa shape index (κ3) is 2.17. The number of nitrogens with two attached hydrogens (primary N) is 1. The normalized spacial score (nSPS) is 10.1. The Hall–Kier alpha value is -2.37. The highest BCUT2D eigenvalue weighted by molar-refractivity contribution is 5.44. The van der Waals surface area contributed by atoms with Gasteiger partial charge in [-0.25, -0.2) is 9.37 Å². The topological polar surface area (TPSA) is 81.0 Å². The second-order valence-corrected chi connectivity index (χ2v) is 3.03. The van der Waals surface area contributed by atoms with Crippen LogP contribution >= 0.6 is 0 Å². The van der Waals surface area contributed by atoms with Crippen molar-refractivity contribution in [3.05, 3.63) is 46.8 Å². The lowest BCUT2D eigenvalue weighted by Gasteiger charge is -2.04. The molecular formula is C10H8FN3O2. The number of ether oxygens (including phenoxy) is 1. The molecule has 0 spiro atoms. The van der Waals surface area contributed by atoms with Gasteiger partial charge in [-0.15, -0.1) is 0 Å². The fourth-order valence-corrected chi connectivity index (χ4v) is 1.10. The van der Waals surface area contributed by atoms with Crippen molar-refractivity contribution >= 4 is 5.69 Å². The van der Waals surface area contributed by atoms with Gasteiger partial charge in [-0.2, -0.15) is 0 Å². The molecule has 0 unspecified atom stereocenters. The minimum atomic E-state index is -0.581. The number of hydrogen-bond acceptors (Lipinski definition) is 4. The summed E-state index contributed by atoms with van der Waals surface area (Å²) < 4.78 is 18.2. The molecule has 0 saturated carbocycles. The van der Waals surface area contributed by atoms with Crippen molar-refractivity contribution in [2.75, 3.05) is 5.73 Å². The van der Waals surface area contributed by atoms with E-state index in [4.69, 9.17) is 10.5 Å². The first-order valence-corrected chi connectivity index (χ1v) is 4.43. The van der Waals surface area contributed by atoms with Gasteiger partial charge in [0.25, 0.3) is 5.56 Å². The summed E-state index contributed by atoms with van der Waals surface area (Å²) in [7, 11) is 0. The van der Waals surface area contributed by atoms with Crippen LogP contribution in [0.3, 0.4) is 0 Å². The molecule has 2 rings (SSSR count). The Morgan fingerprint density at radius 3 is 2.88 bits per heavy atom. The Balaban J connectivity index is 2.27. The number of benzene rings is 1. The second-order valence-electron chi connectivity index (χ2n) is 3.03. The molecule has 0 saturated heterocycles. The summed E-state index contributed by atoms with van der Waals surface area (Å²) in [6, 6.07) is 5.14. The van der Waals surface area contributed by atoms with Gasteiger partial charge in [0.15, 0.2) is 0 Å². The van der Waals surface area contributed by atoms with Crippen molar-refractivity contribution < 1.29 is 9.13 Å². The van der Waals surface area contributed by atoms with E-state index < -0.39 is 5.82 Å². The van der Waals surface area contributed by atoms with Crippen LogP contribution in [-0.2, 0) is 0 Å². The molecule has 6 heteroatoms. The van der Waals surface area contributed by atoms with Crippen molar-refractivity contribution in [3.63, 3.8) is 0 Å². The summed E-state index contributed by atoms with van der Waals surface area (Å²) in [5.41, 5.74) is 4.99. The number of anilines is 1. The van der Waals surface area contributed by atoms with Gasteiger partial charge in [0.1, 0.15) is 11.6 Å². The SMILES string of the molecule is Nc1ccc(Oc2cc(=O)[nH]cn2)cc1F. The Kier molecular flexibility index (Phi) is 2.55. The number of H-pyrrole nitrogens is 1. The summed E-state index contributed by atoms with van der Waals surface area (Å²) in [5, 5.41) is 0. The first-order valence-electron chi connectivity index (χ1n) is 4.43. The van der Waals surface area contributed by atoms with E-state index in [1.54, 1.807) is 0 Å². The van der Waals surface area contributed by atoms with Gasteiger partial charge >= 0.3 is 0 Å². The first kappa shape index (κ1) is 10.2. The molecule has 0 fully saturated rings. The molecule has 0 aliphatic rings. The average molecular weight is 221 g/mol. The van der Waals surface area contributed by atoms with Gasteiger partial charge < -0.3 is 15.5 Å². The lowest BCUT2D eigenvalue weighted by molar-refractivity contribution is 0.456. The quantitative estimate of drug-likeness (QED) is 0.748. The molecule has 3 N–H and O–H groups in total. The predicted molar refractivity (Wildman–Crippen MR) is 55.7 cm³/mol. The molecule has 1 heterocycles. The van der Waals surface area contributed by atoms with Crippen molar-refractivity contribution in [3.8, 4) is 11.6 Å². The van der Waals surface area contributed by atoms with Crippen LogP contribution in [0.1, 0.15) is 0 Å². The summed E-state index contributed by atoms with van der Waals surface area (Å²) in [4.78, 5) is 17.0. The number of nitrogens with zero attached hydrogens (tertiary/aromatic N) is 1. The van der Waals surface area contributed by atoms with Gasteiger partial charge in [0, 0.05) is 6.07 Å². The minimum absolute atomic E-state index is 0.0335. The molecule has 0 bridgehead atoms. The van der Waals surface area contributed by atoms with E-state index in [0.29, 0.717) is 0 Å². The lowest BCUT2D eigenvalue weighted by atomic mass is 10.3. The van der Waals surface area contributed by atoms with Crippen LogP contribution in [0.25, 0.3) is 0 Å². The van der Waals surface area contributed by atoms with E-state index >= 15 is 0 Å². The smallest absolute Gasteiger partial charge is 0.254 e. The maximum Gasteiger partial charge on any atom is 0.254 e. The van der Waals surface area contributed by atoms with Crippen LogP contribution in [0.15, 0.2) is 35.4 Å². The zero-order valence-corrected chi connectivity index (χ0v) is 8.11. The van der Waals surface area contributed by atoms with Crippen LogP contribution in [0.5, 0.6) is 11.6 Å². The van der Waals surface area contributed by atoms with Crippen LogP contribution < -0.4 is 16.0 Å². The predicted octanol–water partition coefficient (Wildman–Crippen LogP) is 1.28. The average Bonchev–Trinajstić information content (AvgIpc) is 2.24. The number of aromatic nitrogens is 2. The third-order valence-corrected chi connectivity index (χ3v) is 1.85. The van der Waals surface area contributed by atoms with Crippen molar-refractivity contribution in [1.29, 1.82) is 0 Å². The third-order valence-electron chi connectivity index (χ3n) is 1.85. The van der Waals surface area contributed by atoms with E-state index in [2.05, 4.69) is 9.97 Å². The summed E-state index contributed by atoms with van der Waals surface area (Å²) >= 11 is 0. The molecule has 0 aliphatic heterocycles. The maximum absolute atomic E-state index is 13.1. The monoisotopic (exact) mass is 221 g/mol. The number of halogens is 1. The van der Waals surface area contributed by atoms with Gasteiger partial charge in [-0.1, -0.05) is 0 Å². The molecule has 0 aliphatic carbocycles. The van der Waals surface area contributed by atoms with Crippen molar-refractivity contribution in [2.24, 2.45) is 0 Å². The molecule has 5 nitrogen and oxygen atoms in total. The van der Waals surface area contributed by atoms with Crippen molar-refractivity contribution in [2.45, 2.75) is 0 Å². The molecule has 2 aromatic rings.